The molecule has 1 heterocycles. The molecule has 6 heteroatoms. The Kier molecular flexibility index (Phi) is 3.70. The third kappa shape index (κ3) is 2.88. The maximum Gasteiger partial charge on any atom is 0.255 e. The van der Waals surface area contributed by atoms with Crippen LogP contribution in [0, 0.1) is 0 Å². The molecule has 1 aromatic heterocycles. The monoisotopic (exact) mass is 203 g/mol. The summed E-state index contributed by atoms with van der Waals surface area (Å²) in [6, 6.07) is 3.09. The largest absolute Gasteiger partial charge is 0.390 e. The Morgan fingerprint density at radius 3 is 2.57 bits per heavy atom. The number of halogens is 2. The van der Waals surface area contributed by atoms with Crippen molar-refractivity contribution >= 4 is 5.82 Å². The molecule has 0 amide bonds. The molecule has 0 aliphatic carbocycles. The average Bonchev–Trinajstić information content (AvgIpc) is 2.17. The van der Waals surface area contributed by atoms with Gasteiger partial charge in [0.1, 0.15) is 0 Å². The second-order valence-electron chi connectivity index (χ2n) is 2.81. The topological polar surface area (TPSA) is 49.2 Å². The molecular formula is C8H11F2N3O. The maximum absolute atomic E-state index is 12.0. The van der Waals surface area contributed by atoms with Crippen molar-refractivity contribution in [2.24, 2.45) is 0 Å². The molecule has 4 nitrogen and oxygen atoms in total. The van der Waals surface area contributed by atoms with Crippen molar-refractivity contribution < 1.29 is 13.9 Å². The Bertz CT molecular complexity index is 278. The molecule has 14 heavy (non-hydrogen) atoms. The number of anilines is 1. The fourth-order valence-electron chi connectivity index (χ4n) is 0.941. The number of rotatable bonds is 4. The van der Waals surface area contributed by atoms with Crippen LogP contribution in [-0.4, -0.2) is 35.3 Å². The van der Waals surface area contributed by atoms with Crippen molar-refractivity contribution in [3.05, 3.63) is 17.8 Å². The van der Waals surface area contributed by atoms with Gasteiger partial charge in [0.25, 0.3) is 6.43 Å². The summed E-state index contributed by atoms with van der Waals surface area (Å²) >= 11 is 0. The van der Waals surface area contributed by atoms with Crippen molar-refractivity contribution in [1.29, 1.82) is 0 Å². The van der Waals surface area contributed by atoms with Gasteiger partial charge in [0, 0.05) is 7.05 Å². The minimum absolute atomic E-state index is 0.203. The lowest BCUT2D eigenvalue weighted by Crippen LogP contribution is -2.25. The van der Waals surface area contributed by atoms with Crippen LogP contribution in [0.3, 0.4) is 0 Å². The standard InChI is InChI=1S/C8H11F2N3O/c1-13(4-7(9)10)8-3-2-6(5-14)11-12-8/h2-3,7,14H,4-5H2,1H3. The summed E-state index contributed by atoms with van der Waals surface area (Å²) in [5, 5.41) is 16.0. The number of nitrogens with zero attached hydrogens (tertiary/aromatic N) is 3. The molecule has 78 valence electrons. The summed E-state index contributed by atoms with van der Waals surface area (Å²) in [6.45, 7) is -0.584. The Labute approximate surface area is 80.2 Å². The molecule has 1 aromatic rings. The van der Waals surface area contributed by atoms with E-state index < -0.39 is 6.43 Å². The smallest absolute Gasteiger partial charge is 0.255 e. The van der Waals surface area contributed by atoms with Gasteiger partial charge in [-0.05, 0) is 12.1 Å². The summed E-state index contributed by atoms with van der Waals surface area (Å²) in [7, 11) is 1.51. The van der Waals surface area contributed by atoms with Crippen LogP contribution in [0.4, 0.5) is 14.6 Å². The molecule has 0 saturated carbocycles. The van der Waals surface area contributed by atoms with Gasteiger partial charge in [0.15, 0.2) is 5.82 Å². The van der Waals surface area contributed by atoms with Crippen LogP contribution in [-0.2, 0) is 6.61 Å². The molecule has 0 fully saturated rings. The number of aliphatic hydroxyl groups excluding tert-OH is 1. The van der Waals surface area contributed by atoms with E-state index in [9.17, 15) is 8.78 Å². The van der Waals surface area contributed by atoms with Gasteiger partial charge in [-0.2, -0.15) is 5.10 Å². The highest BCUT2D eigenvalue weighted by atomic mass is 19.3. The SMILES string of the molecule is CN(CC(F)F)c1ccc(CO)nn1. The molecule has 0 aromatic carbocycles. The third-order valence-corrected chi connectivity index (χ3v) is 1.67. The van der Waals surface area contributed by atoms with E-state index in [1.165, 1.54) is 11.9 Å². The van der Waals surface area contributed by atoms with Gasteiger partial charge in [-0.25, -0.2) is 8.78 Å². The fraction of sp³-hybridized carbons (Fsp3) is 0.500. The fourth-order valence-corrected chi connectivity index (χ4v) is 0.941. The van der Waals surface area contributed by atoms with E-state index in [2.05, 4.69) is 10.2 Å². The number of hydrogen-bond donors (Lipinski definition) is 1. The highest BCUT2D eigenvalue weighted by molar-refractivity contribution is 5.35. The van der Waals surface area contributed by atoms with Gasteiger partial charge in [-0.3, -0.25) is 0 Å². The van der Waals surface area contributed by atoms with Crippen LogP contribution in [0.2, 0.25) is 0 Å². The molecule has 0 saturated heterocycles. The van der Waals surface area contributed by atoms with Crippen molar-refractivity contribution in [2.75, 3.05) is 18.5 Å². The van der Waals surface area contributed by atoms with Gasteiger partial charge in [0.2, 0.25) is 0 Å². The van der Waals surface area contributed by atoms with Crippen LogP contribution >= 0.6 is 0 Å². The minimum Gasteiger partial charge on any atom is -0.390 e. The summed E-state index contributed by atoms with van der Waals surface area (Å²) in [5.74, 6) is 0.363. The van der Waals surface area contributed by atoms with Crippen LogP contribution in [0.1, 0.15) is 5.69 Å². The van der Waals surface area contributed by atoms with Crippen molar-refractivity contribution in [1.82, 2.24) is 10.2 Å². The first-order valence-corrected chi connectivity index (χ1v) is 4.06. The molecule has 0 unspecified atom stereocenters. The molecule has 1 rings (SSSR count). The molecule has 0 spiro atoms. The molecule has 0 aliphatic heterocycles. The number of alkyl halides is 2. The molecular weight excluding hydrogens is 192 g/mol. The third-order valence-electron chi connectivity index (χ3n) is 1.67. The molecule has 0 radical (unpaired) electrons. The van der Waals surface area contributed by atoms with E-state index in [0.29, 0.717) is 11.5 Å². The normalized spacial score (nSPS) is 10.6. The van der Waals surface area contributed by atoms with Gasteiger partial charge in [-0.1, -0.05) is 0 Å². The number of aromatic nitrogens is 2. The first-order chi connectivity index (χ1) is 6.63. The average molecular weight is 203 g/mol. The van der Waals surface area contributed by atoms with Crippen LogP contribution in [0.25, 0.3) is 0 Å². The quantitative estimate of drug-likeness (QED) is 0.781. The van der Waals surface area contributed by atoms with Crippen LogP contribution in [0.15, 0.2) is 12.1 Å². The van der Waals surface area contributed by atoms with Crippen molar-refractivity contribution in [2.45, 2.75) is 13.0 Å². The Morgan fingerprint density at radius 2 is 2.14 bits per heavy atom. The molecule has 0 bridgehead atoms. The summed E-state index contributed by atoms with van der Waals surface area (Å²) in [6.07, 6.45) is -2.40. The Balaban J connectivity index is 2.66. The summed E-state index contributed by atoms with van der Waals surface area (Å²) in [4.78, 5) is 1.30. The van der Waals surface area contributed by atoms with Gasteiger partial charge in [0.05, 0.1) is 18.8 Å². The maximum atomic E-state index is 12.0. The van der Waals surface area contributed by atoms with E-state index in [-0.39, 0.29) is 13.2 Å². The zero-order valence-corrected chi connectivity index (χ0v) is 7.69. The Morgan fingerprint density at radius 1 is 1.43 bits per heavy atom. The van der Waals surface area contributed by atoms with E-state index >= 15 is 0 Å². The summed E-state index contributed by atoms with van der Waals surface area (Å²) < 4.78 is 24.0. The molecule has 0 atom stereocenters. The van der Waals surface area contributed by atoms with E-state index in [0.717, 1.165) is 0 Å². The number of hydrogen-bond acceptors (Lipinski definition) is 4. The van der Waals surface area contributed by atoms with Gasteiger partial charge in [-0.15, -0.1) is 5.10 Å². The highest BCUT2D eigenvalue weighted by Crippen LogP contribution is 2.09. The highest BCUT2D eigenvalue weighted by Gasteiger charge is 2.09. The lowest BCUT2D eigenvalue weighted by atomic mass is 10.4. The van der Waals surface area contributed by atoms with Crippen molar-refractivity contribution in [3.63, 3.8) is 0 Å². The lowest BCUT2D eigenvalue weighted by Gasteiger charge is -2.16. The second-order valence-corrected chi connectivity index (χ2v) is 2.81. The predicted octanol–water partition coefficient (Wildman–Crippen LogP) is 0.670. The lowest BCUT2D eigenvalue weighted by molar-refractivity contribution is 0.156. The van der Waals surface area contributed by atoms with E-state index in [1.54, 1.807) is 12.1 Å². The number of aliphatic hydroxyl groups is 1. The molecule has 0 aliphatic rings. The van der Waals surface area contributed by atoms with Crippen molar-refractivity contribution in [3.8, 4) is 0 Å². The van der Waals surface area contributed by atoms with E-state index in [4.69, 9.17) is 5.11 Å². The van der Waals surface area contributed by atoms with Crippen LogP contribution < -0.4 is 4.90 Å². The zero-order valence-electron chi connectivity index (χ0n) is 7.69. The van der Waals surface area contributed by atoms with E-state index in [1.807, 2.05) is 0 Å². The minimum atomic E-state index is -2.40. The second kappa shape index (κ2) is 4.80. The molecule has 1 N–H and O–H groups in total. The first-order valence-electron chi connectivity index (χ1n) is 4.06. The summed E-state index contributed by atoms with van der Waals surface area (Å²) in [5.41, 5.74) is 0.416. The first kappa shape index (κ1) is 10.8. The van der Waals surface area contributed by atoms with Gasteiger partial charge < -0.3 is 10.0 Å². The van der Waals surface area contributed by atoms with Crippen LogP contribution in [0.5, 0.6) is 0 Å². The van der Waals surface area contributed by atoms with Gasteiger partial charge >= 0.3 is 0 Å². The predicted molar refractivity (Wildman–Crippen MR) is 47.2 cm³/mol. The Hall–Kier alpha value is -1.30. The zero-order chi connectivity index (χ0) is 10.6.